The van der Waals surface area contributed by atoms with Crippen LogP contribution >= 0.6 is 11.3 Å². The van der Waals surface area contributed by atoms with Crippen LogP contribution in [0.15, 0.2) is 17.5 Å². The highest BCUT2D eigenvalue weighted by Crippen LogP contribution is 2.22. The fourth-order valence-corrected chi connectivity index (χ4v) is 2.63. The lowest BCUT2D eigenvalue weighted by Crippen LogP contribution is -2.30. The maximum Gasteiger partial charge on any atom is 0.305 e. The molecule has 1 amide bonds. The van der Waals surface area contributed by atoms with Gasteiger partial charge in [0.2, 0.25) is 5.82 Å². The molecule has 0 aliphatic carbocycles. The van der Waals surface area contributed by atoms with Crippen LogP contribution in [0.3, 0.4) is 0 Å². The number of hydrogen-bond donors (Lipinski definition) is 3. The van der Waals surface area contributed by atoms with Gasteiger partial charge in [-0.05, 0) is 17.9 Å². The van der Waals surface area contributed by atoms with Crippen molar-refractivity contribution in [2.45, 2.75) is 32.2 Å². The molecule has 112 valence electrons. The molecule has 8 heteroatoms. The summed E-state index contributed by atoms with van der Waals surface area (Å²) in [7, 11) is 0. The van der Waals surface area contributed by atoms with Gasteiger partial charge in [0, 0.05) is 11.3 Å². The van der Waals surface area contributed by atoms with E-state index in [-0.39, 0.29) is 12.2 Å². The molecule has 0 fully saturated rings. The predicted molar refractivity (Wildman–Crippen MR) is 77.2 cm³/mol. The largest absolute Gasteiger partial charge is 0.481 e. The van der Waals surface area contributed by atoms with Gasteiger partial charge in [0.1, 0.15) is 5.82 Å². The van der Waals surface area contributed by atoms with Crippen LogP contribution in [0, 0.1) is 0 Å². The Hall–Kier alpha value is -2.22. The van der Waals surface area contributed by atoms with Crippen LogP contribution in [0.5, 0.6) is 0 Å². The average molecular weight is 308 g/mol. The molecule has 21 heavy (non-hydrogen) atoms. The van der Waals surface area contributed by atoms with E-state index >= 15 is 0 Å². The summed E-state index contributed by atoms with van der Waals surface area (Å²) in [6.07, 6.45) is 1.43. The summed E-state index contributed by atoms with van der Waals surface area (Å²) in [6.45, 7) is 2.00. The van der Waals surface area contributed by atoms with Crippen molar-refractivity contribution in [2.75, 3.05) is 0 Å². The number of carbonyl (C=O) groups is 2. The van der Waals surface area contributed by atoms with Gasteiger partial charge in [-0.2, -0.15) is 0 Å². The standard InChI is InChI=1S/C13H16N4O3S/c1-2-4-10-15-12(17-16-10)13(20)14-8(7-11(18)19)9-5-3-6-21-9/h3,5-6,8H,2,4,7H2,1H3,(H,14,20)(H,18,19)(H,15,16,17). The molecule has 1 atom stereocenters. The first-order valence-electron chi connectivity index (χ1n) is 6.57. The zero-order chi connectivity index (χ0) is 15.2. The Balaban J connectivity index is 2.08. The number of aryl methyl sites for hydroxylation is 1. The number of thiophene rings is 1. The molecule has 0 bridgehead atoms. The average Bonchev–Trinajstić information content (AvgIpc) is 3.09. The second-order valence-corrected chi connectivity index (χ2v) is 5.47. The SMILES string of the molecule is CCCc1nc(C(=O)NC(CC(=O)O)c2cccs2)n[nH]1. The number of aliphatic carboxylic acids is 1. The number of amides is 1. The van der Waals surface area contributed by atoms with Crippen LogP contribution in [0.25, 0.3) is 0 Å². The summed E-state index contributed by atoms with van der Waals surface area (Å²) in [6, 6.07) is 3.02. The topological polar surface area (TPSA) is 108 Å². The molecule has 2 aromatic rings. The number of carboxylic acids is 1. The Kier molecular flexibility index (Phi) is 5.04. The first-order chi connectivity index (χ1) is 10.1. The molecule has 0 saturated heterocycles. The summed E-state index contributed by atoms with van der Waals surface area (Å²) >= 11 is 1.40. The zero-order valence-corrected chi connectivity index (χ0v) is 12.3. The first-order valence-corrected chi connectivity index (χ1v) is 7.45. The third-order valence-electron chi connectivity index (χ3n) is 2.79. The van der Waals surface area contributed by atoms with Crippen molar-refractivity contribution in [3.8, 4) is 0 Å². The summed E-state index contributed by atoms with van der Waals surface area (Å²) in [5.41, 5.74) is 0. The number of aromatic amines is 1. The van der Waals surface area contributed by atoms with Crippen molar-refractivity contribution < 1.29 is 14.7 Å². The molecule has 0 saturated carbocycles. The molecular weight excluding hydrogens is 292 g/mol. The van der Waals surface area contributed by atoms with Crippen molar-refractivity contribution >= 4 is 23.2 Å². The fraction of sp³-hybridized carbons (Fsp3) is 0.385. The minimum atomic E-state index is -0.977. The highest BCUT2D eigenvalue weighted by Gasteiger charge is 2.21. The molecular formula is C13H16N4O3S. The molecule has 2 rings (SSSR count). The molecule has 7 nitrogen and oxygen atoms in total. The number of hydrogen-bond acceptors (Lipinski definition) is 5. The molecule has 0 aromatic carbocycles. The summed E-state index contributed by atoms with van der Waals surface area (Å²) in [5.74, 6) is -0.775. The molecule has 0 aliphatic rings. The third-order valence-corrected chi connectivity index (χ3v) is 3.78. The molecule has 0 spiro atoms. The van der Waals surface area contributed by atoms with E-state index in [1.54, 1.807) is 6.07 Å². The van der Waals surface area contributed by atoms with Gasteiger partial charge in [-0.1, -0.05) is 13.0 Å². The normalized spacial score (nSPS) is 12.0. The summed E-state index contributed by atoms with van der Waals surface area (Å²) < 4.78 is 0. The van der Waals surface area contributed by atoms with E-state index < -0.39 is 17.9 Å². The van der Waals surface area contributed by atoms with Gasteiger partial charge in [0.15, 0.2) is 0 Å². The van der Waals surface area contributed by atoms with Crippen LogP contribution in [0.1, 0.15) is 47.1 Å². The van der Waals surface area contributed by atoms with E-state index in [9.17, 15) is 9.59 Å². The predicted octanol–water partition coefficient (Wildman–Crippen LogP) is 1.76. The van der Waals surface area contributed by atoms with Crippen molar-refractivity contribution in [3.63, 3.8) is 0 Å². The van der Waals surface area contributed by atoms with Crippen molar-refractivity contribution in [1.82, 2.24) is 20.5 Å². The smallest absolute Gasteiger partial charge is 0.305 e. The van der Waals surface area contributed by atoms with Crippen molar-refractivity contribution in [2.24, 2.45) is 0 Å². The van der Waals surface area contributed by atoms with E-state index in [1.165, 1.54) is 11.3 Å². The highest BCUT2D eigenvalue weighted by molar-refractivity contribution is 7.10. The summed E-state index contributed by atoms with van der Waals surface area (Å²) in [5, 5.41) is 20.0. The molecule has 3 N–H and O–H groups in total. The third kappa shape index (κ3) is 4.12. The van der Waals surface area contributed by atoms with Crippen LogP contribution in [-0.2, 0) is 11.2 Å². The van der Waals surface area contributed by atoms with Crippen molar-refractivity contribution in [3.05, 3.63) is 34.0 Å². The number of nitrogens with zero attached hydrogens (tertiary/aromatic N) is 2. The highest BCUT2D eigenvalue weighted by atomic mass is 32.1. The Morgan fingerprint density at radius 2 is 2.33 bits per heavy atom. The minimum Gasteiger partial charge on any atom is -0.481 e. The zero-order valence-electron chi connectivity index (χ0n) is 11.5. The maximum atomic E-state index is 12.1. The minimum absolute atomic E-state index is 0.0328. The van der Waals surface area contributed by atoms with Gasteiger partial charge in [0.05, 0.1) is 12.5 Å². The van der Waals surface area contributed by atoms with E-state index in [0.717, 1.165) is 11.3 Å². The van der Waals surface area contributed by atoms with Gasteiger partial charge in [-0.3, -0.25) is 14.7 Å². The van der Waals surface area contributed by atoms with Gasteiger partial charge < -0.3 is 10.4 Å². The van der Waals surface area contributed by atoms with Gasteiger partial charge in [-0.25, -0.2) is 4.98 Å². The number of carboxylic acid groups (broad SMARTS) is 1. The van der Waals surface area contributed by atoms with Crippen LogP contribution in [0.2, 0.25) is 0 Å². The Labute approximate surface area is 125 Å². The second kappa shape index (κ2) is 6.98. The Morgan fingerprint density at radius 3 is 2.95 bits per heavy atom. The number of rotatable bonds is 7. The Morgan fingerprint density at radius 1 is 1.52 bits per heavy atom. The molecule has 1 unspecified atom stereocenters. The molecule has 0 radical (unpaired) electrons. The van der Waals surface area contributed by atoms with Gasteiger partial charge in [0.25, 0.3) is 5.91 Å². The van der Waals surface area contributed by atoms with Crippen LogP contribution in [-0.4, -0.2) is 32.2 Å². The van der Waals surface area contributed by atoms with Gasteiger partial charge >= 0.3 is 5.97 Å². The van der Waals surface area contributed by atoms with Crippen molar-refractivity contribution in [1.29, 1.82) is 0 Å². The maximum absolute atomic E-state index is 12.1. The number of H-pyrrole nitrogens is 1. The van der Waals surface area contributed by atoms with E-state index in [4.69, 9.17) is 5.11 Å². The van der Waals surface area contributed by atoms with Gasteiger partial charge in [-0.15, -0.1) is 16.4 Å². The number of nitrogens with one attached hydrogen (secondary N) is 2. The lowest BCUT2D eigenvalue weighted by molar-refractivity contribution is -0.137. The van der Waals surface area contributed by atoms with E-state index in [2.05, 4.69) is 20.5 Å². The second-order valence-electron chi connectivity index (χ2n) is 4.50. The van der Waals surface area contributed by atoms with Crippen LogP contribution < -0.4 is 5.32 Å². The quantitative estimate of drug-likeness (QED) is 0.722. The lowest BCUT2D eigenvalue weighted by Gasteiger charge is -2.14. The number of carbonyl (C=O) groups excluding carboxylic acids is 1. The lowest BCUT2D eigenvalue weighted by atomic mass is 10.1. The molecule has 2 heterocycles. The fourth-order valence-electron chi connectivity index (χ4n) is 1.86. The first kappa shape index (κ1) is 15.2. The van der Waals surface area contributed by atoms with Crippen LogP contribution in [0.4, 0.5) is 0 Å². The number of aromatic nitrogens is 3. The molecule has 2 aromatic heterocycles. The Bertz CT molecular complexity index is 609. The summed E-state index contributed by atoms with van der Waals surface area (Å²) in [4.78, 5) is 27.9. The molecule has 0 aliphatic heterocycles. The monoisotopic (exact) mass is 308 g/mol. The van der Waals surface area contributed by atoms with E-state index in [0.29, 0.717) is 12.2 Å². The van der Waals surface area contributed by atoms with E-state index in [1.807, 2.05) is 18.4 Å².